The Labute approximate surface area is 171 Å². The Morgan fingerprint density at radius 2 is 1.69 bits per heavy atom. The zero-order chi connectivity index (χ0) is 20.8. The number of urea groups is 1. The van der Waals surface area contributed by atoms with Gasteiger partial charge in [-0.2, -0.15) is 0 Å². The number of hydrogen-bond acceptors (Lipinski definition) is 5. The van der Waals surface area contributed by atoms with E-state index in [0.717, 1.165) is 29.1 Å². The van der Waals surface area contributed by atoms with Crippen LogP contribution in [0.5, 0.6) is 5.75 Å². The molecule has 2 aromatic carbocycles. The molecule has 1 saturated heterocycles. The van der Waals surface area contributed by atoms with Crippen LogP contribution in [0, 0.1) is 0 Å². The second-order valence-electron chi connectivity index (χ2n) is 8.33. The molecule has 0 unspecified atom stereocenters. The lowest BCUT2D eigenvalue weighted by Gasteiger charge is -2.26. The van der Waals surface area contributed by atoms with Gasteiger partial charge >= 0.3 is 6.03 Å². The quantitative estimate of drug-likeness (QED) is 0.824. The largest absolute Gasteiger partial charge is 0.497 e. The van der Waals surface area contributed by atoms with Crippen molar-refractivity contribution < 1.29 is 19.2 Å². The Morgan fingerprint density at radius 1 is 1.03 bits per heavy atom. The molecule has 1 N–H and O–H groups in total. The van der Waals surface area contributed by atoms with Gasteiger partial charge in [-0.1, -0.05) is 6.07 Å². The first-order chi connectivity index (χ1) is 13.7. The number of rotatable bonds is 3. The van der Waals surface area contributed by atoms with Crippen LogP contribution < -0.4 is 20.2 Å². The zero-order valence-electron chi connectivity index (χ0n) is 17.5. The molecule has 0 radical (unpaired) electrons. The number of carbonyl (C=O) groups is 1. The Kier molecular flexibility index (Phi) is 4.67. The summed E-state index contributed by atoms with van der Waals surface area (Å²) in [4.78, 5) is 26.4. The number of benzene rings is 2. The second-order valence-corrected chi connectivity index (χ2v) is 8.33. The molecule has 0 atom stereocenters. The van der Waals surface area contributed by atoms with Crippen LogP contribution in [0.4, 0.5) is 21.9 Å². The van der Waals surface area contributed by atoms with Crippen LogP contribution >= 0.6 is 0 Å². The number of ether oxygens (including phenoxy) is 1. The molecule has 29 heavy (non-hydrogen) atoms. The summed E-state index contributed by atoms with van der Waals surface area (Å²) in [5, 5.41) is 4.40. The summed E-state index contributed by atoms with van der Waals surface area (Å²) in [6.07, 6.45) is 0.834. The lowest BCUT2D eigenvalue weighted by molar-refractivity contribution is -0.0272. The van der Waals surface area contributed by atoms with Crippen molar-refractivity contribution >= 4 is 23.1 Å². The molecule has 0 spiro atoms. The standard InChI is InChI=1S/C22H27N3O4/c1-21(2)22(3,4)29-25(28-21)17-9-7-16(8-10-17)23-20(26)24-13-12-15-6-11-18(27-5)14-19(15)24/h6-11,14H,12-13H2,1-5H3,(H,23,26). The van der Waals surface area contributed by atoms with Crippen molar-refractivity contribution in [1.29, 1.82) is 0 Å². The van der Waals surface area contributed by atoms with Gasteiger partial charge in [0, 0.05) is 18.3 Å². The van der Waals surface area contributed by atoms with Crippen molar-refractivity contribution in [3.63, 3.8) is 0 Å². The molecular weight excluding hydrogens is 370 g/mol. The number of carbonyl (C=O) groups excluding carboxylic acids is 1. The summed E-state index contributed by atoms with van der Waals surface area (Å²) >= 11 is 0. The molecular formula is C22H27N3O4. The van der Waals surface area contributed by atoms with Crippen LogP contribution in [0.1, 0.15) is 33.3 Å². The summed E-state index contributed by atoms with van der Waals surface area (Å²) in [5.74, 6) is 0.740. The van der Waals surface area contributed by atoms with Crippen LogP contribution in [-0.2, 0) is 16.1 Å². The number of amides is 2. The summed E-state index contributed by atoms with van der Waals surface area (Å²) in [6.45, 7) is 8.61. The molecule has 0 saturated carbocycles. The summed E-state index contributed by atoms with van der Waals surface area (Å²) in [5.41, 5.74) is 2.59. The second kappa shape index (κ2) is 6.93. The van der Waals surface area contributed by atoms with E-state index in [1.807, 2.05) is 70.2 Å². The van der Waals surface area contributed by atoms with Gasteiger partial charge in [0.2, 0.25) is 0 Å². The first kappa shape index (κ1) is 19.5. The van der Waals surface area contributed by atoms with Gasteiger partial charge in [0.25, 0.3) is 0 Å². The molecule has 0 aromatic heterocycles. The molecule has 7 heteroatoms. The summed E-state index contributed by atoms with van der Waals surface area (Å²) < 4.78 is 5.29. The summed E-state index contributed by atoms with van der Waals surface area (Å²) in [6, 6.07) is 13.0. The lowest BCUT2D eigenvalue weighted by Crippen LogP contribution is -2.41. The van der Waals surface area contributed by atoms with E-state index >= 15 is 0 Å². The Morgan fingerprint density at radius 3 is 2.31 bits per heavy atom. The van der Waals surface area contributed by atoms with E-state index in [-0.39, 0.29) is 6.03 Å². The van der Waals surface area contributed by atoms with Crippen molar-refractivity contribution in [2.45, 2.75) is 45.3 Å². The van der Waals surface area contributed by atoms with E-state index in [0.29, 0.717) is 12.2 Å². The fourth-order valence-corrected chi connectivity index (χ4v) is 3.31. The van der Waals surface area contributed by atoms with E-state index < -0.39 is 11.2 Å². The molecule has 2 aliphatic heterocycles. The van der Waals surface area contributed by atoms with Gasteiger partial charge in [-0.25, -0.2) is 14.5 Å². The Hall–Kier alpha value is -2.77. The third kappa shape index (κ3) is 3.52. The number of hydrogen-bond donors (Lipinski definition) is 1. The van der Waals surface area contributed by atoms with Gasteiger partial charge in [0.15, 0.2) is 0 Å². The summed E-state index contributed by atoms with van der Waals surface area (Å²) in [7, 11) is 1.62. The molecule has 2 aliphatic rings. The Balaban J connectivity index is 1.45. The van der Waals surface area contributed by atoms with Crippen LogP contribution in [0.3, 0.4) is 0 Å². The monoisotopic (exact) mass is 397 g/mol. The highest BCUT2D eigenvalue weighted by molar-refractivity contribution is 6.03. The number of fused-ring (bicyclic) bond motifs is 1. The normalized spacial score (nSPS) is 19.2. The maximum absolute atomic E-state index is 12.8. The minimum atomic E-state index is -0.454. The van der Waals surface area contributed by atoms with Crippen molar-refractivity contribution in [1.82, 2.24) is 0 Å². The zero-order valence-corrected chi connectivity index (χ0v) is 17.5. The van der Waals surface area contributed by atoms with Crippen LogP contribution in [0.15, 0.2) is 42.5 Å². The average molecular weight is 397 g/mol. The van der Waals surface area contributed by atoms with Crippen molar-refractivity contribution in [3.05, 3.63) is 48.0 Å². The molecule has 0 bridgehead atoms. The molecule has 1 fully saturated rings. The van der Waals surface area contributed by atoms with Gasteiger partial charge < -0.3 is 10.1 Å². The van der Waals surface area contributed by atoms with Crippen LogP contribution in [0.2, 0.25) is 0 Å². The fourth-order valence-electron chi connectivity index (χ4n) is 3.31. The Bertz CT molecular complexity index is 908. The van der Waals surface area contributed by atoms with Gasteiger partial charge in [-0.15, -0.1) is 5.23 Å². The first-order valence-corrected chi connectivity index (χ1v) is 9.74. The highest BCUT2D eigenvalue weighted by atomic mass is 17.0. The first-order valence-electron chi connectivity index (χ1n) is 9.74. The van der Waals surface area contributed by atoms with E-state index in [2.05, 4.69) is 5.32 Å². The van der Waals surface area contributed by atoms with Crippen LogP contribution in [-0.4, -0.2) is 30.9 Å². The van der Waals surface area contributed by atoms with Gasteiger partial charge in [-0.05, 0) is 70.0 Å². The van der Waals surface area contributed by atoms with E-state index in [4.69, 9.17) is 14.4 Å². The van der Waals surface area contributed by atoms with E-state index in [1.165, 1.54) is 5.23 Å². The number of anilines is 3. The highest BCUT2D eigenvalue weighted by Crippen LogP contribution is 2.40. The van der Waals surface area contributed by atoms with Gasteiger partial charge in [0.1, 0.15) is 17.0 Å². The fraction of sp³-hybridized carbons (Fsp3) is 0.409. The maximum Gasteiger partial charge on any atom is 0.326 e. The van der Waals surface area contributed by atoms with E-state index in [9.17, 15) is 4.79 Å². The van der Waals surface area contributed by atoms with Crippen LogP contribution in [0.25, 0.3) is 0 Å². The SMILES string of the molecule is COc1ccc2c(c1)N(C(=O)Nc1ccc(N3OC(C)(C)C(C)(C)O3)cc1)CC2. The minimum Gasteiger partial charge on any atom is -0.497 e. The topological polar surface area (TPSA) is 63.3 Å². The van der Waals surface area contributed by atoms with Crippen molar-refractivity contribution in [3.8, 4) is 5.75 Å². The number of methoxy groups -OCH3 is 1. The minimum absolute atomic E-state index is 0.166. The van der Waals surface area contributed by atoms with Crippen molar-refractivity contribution in [2.75, 3.05) is 29.1 Å². The number of nitrogens with one attached hydrogen (secondary N) is 1. The third-order valence-corrected chi connectivity index (χ3v) is 5.83. The third-order valence-electron chi connectivity index (χ3n) is 5.83. The molecule has 2 aromatic rings. The molecule has 0 aliphatic carbocycles. The van der Waals surface area contributed by atoms with Gasteiger partial charge in [0.05, 0.1) is 18.5 Å². The predicted molar refractivity (Wildman–Crippen MR) is 112 cm³/mol. The molecule has 154 valence electrons. The average Bonchev–Trinajstić information content (AvgIpc) is 3.19. The molecule has 2 amide bonds. The molecule has 4 rings (SSSR count). The predicted octanol–water partition coefficient (Wildman–Crippen LogP) is 4.53. The molecule has 2 heterocycles. The van der Waals surface area contributed by atoms with Gasteiger partial charge in [-0.3, -0.25) is 4.90 Å². The maximum atomic E-state index is 12.8. The number of nitrogens with zero attached hydrogens (tertiary/aromatic N) is 2. The highest BCUT2D eigenvalue weighted by Gasteiger charge is 2.50. The van der Waals surface area contributed by atoms with E-state index in [1.54, 1.807) is 12.0 Å². The lowest BCUT2D eigenvalue weighted by atomic mass is 9.90. The smallest absolute Gasteiger partial charge is 0.326 e. The van der Waals surface area contributed by atoms with Crippen molar-refractivity contribution in [2.24, 2.45) is 0 Å². The molecule has 7 nitrogen and oxygen atoms in total.